The average Bonchev–Trinajstić information content (AvgIpc) is 2.53. The molecule has 0 aromatic heterocycles. The summed E-state index contributed by atoms with van der Waals surface area (Å²) >= 11 is 0. The largest absolute Gasteiger partial charge is 0.481 e. The van der Waals surface area contributed by atoms with Crippen molar-refractivity contribution >= 4 is 17.8 Å². The van der Waals surface area contributed by atoms with E-state index >= 15 is 0 Å². The van der Waals surface area contributed by atoms with Crippen LogP contribution in [-0.4, -0.2) is 28.4 Å². The molecular formula is C18H24N2O4. The van der Waals surface area contributed by atoms with E-state index in [9.17, 15) is 19.5 Å². The minimum absolute atomic E-state index is 0.109. The van der Waals surface area contributed by atoms with Crippen LogP contribution in [-0.2, 0) is 16.1 Å². The molecule has 1 aromatic carbocycles. The monoisotopic (exact) mass is 332 g/mol. The number of carbonyl (C=O) groups excluding carboxylic acids is 2. The first-order chi connectivity index (χ1) is 11.3. The normalized spacial score (nSPS) is 23.3. The van der Waals surface area contributed by atoms with Crippen molar-refractivity contribution in [1.29, 1.82) is 0 Å². The summed E-state index contributed by atoms with van der Waals surface area (Å²) in [5.74, 6) is -1.80. The smallest absolute Gasteiger partial charge is 0.308 e. The minimum atomic E-state index is -0.858. The number of carboxylic acids is 1. The second-order valence-corrected chi connectivity index (χ2v) is 6.61. The first-order valence-electron chi connectivity index (χ1n) is 8.20. The Labute approximate surface area is 141 Å². The molecule has 6 heteroatoms. The van der Waals surface area contributed by atoms with Crippen molar-refractivity contribution in [1.82, 2.24) is 10.6 Å². The molecule has 2 unspecified atom stereocenters. The van der Waals surface area contributed by atoms with Crippen LogP contribution in [0.5, 0.6) is 0 Å². The predicted molar refractivity (Wildman–Crippen MR) is 89.4 cm³/mol. The standard InChI is InChI=1S/C18H24N2O4/c1-12(21)19-11-13-6-8-14(9-7-13)16(22)20-18(2)10-4-3-5-15(18)17(23)24/h6-9,15H,3-5,10-11H2,1-2H3,(H,19,21)(H,20,22)(H,23,24). The van der Waals surface area contributed by atoms with Crippen molar-refractivity contribution in [3.63, 3.8) is 0 Å². The molecule has 6 nitrogen and oxygen atoms in total. The zero-order valence-electron chi connectivity index (χ0n) is 14.1. The van der Waals surface area contributed by atoms with E-state index in [0.29, 0.717) is 24.9 Å². The molecule has 1 fully saturated rings. The van der Waals surface area contributed by atoms with Crippen LogP contribution in [0.15, 0.2) is 24.3 Å². The number of carbonyl (C=O) groups is 3. The molecule has 0 bridgehead atoms. The SMILES string of the molecule is CC(=O)NCc1ccc(C(=O)NC2(C)CCCCC2C(=O)O)cc1. The number of rotatable bonds is 5. The Balaban J connectivity index is 2.05. The number of amides is 2. The van der Waals surface area contributed by atoms with Crippen LogP contribution in [0.1, 0.15) is 55.5 Å². The van der Waals surface area contributed by atoms with Gasteiger partial charge in [-0.15, -0.1) is 0 Å². The highest BCUT2D eigenvalue weighted by Crippen LogP contribution is 2.34. The van der Waals surface area contributed by atoms with E-state index in [4.69, 9.17) is 0 Å². The van der Waals surface area contributed by atoms with E-state index in [0.717, 1.165) is 18.4 Å². The maximum absolute atomic E-state index is 12.5. The molecule has 0 heterocycles. The number of benzene rings is 1. The fraction of sp³-hybridized carbons (Fsp3) is 0.500. The van der Waals surface area contributed by atoms with Crippen LogP contribution in [0, 0.1) is 5.92 Å². The van der Waals surface area contributed by atoms with Crippen LogP contribution in [0.25, 0.3) is 0 Å². The van der Waals surface area contributed by atoms with Crippen LogP contribution in [0.2, 0.25) is 0 Å². The zero-order chi connectivity index (χ0) is 17.7. The van der Waals surface area contributed by atoms with Crippen molar-refractivity contribution in [2.24, 2.45) is 5.92 Å². The Morgan fingerprint density at radius 2 is 1.88 bits per heavy atom. The first kappa shape index (κ1) is 18.0. The lowest BCUT2D eigenvalue weighted by Gasteiger charge is -2.39. The van der Waals surface area contributed by atoms with E-state index in [1.165, 1.54) is 6.92 Å². The highest BCUT2D eigenvalue weighted by molar-refractivity contribution is 5.95. The lowest BCUT2D eigenvalue weighted by Crippen LogP contribution is -2.55. The number of aliphatic carboxylic acids is 1. The second kappa shape index (κ2) is 7.47. The summed E-state index contributed by atoms with van der Waals surface area (Å²) in [6.07, 6.45) is 3.04. The lowest BCUT2D eigenvalue weighted by molar-refractivity contribution is -0.145. The molecule has 1 saturated carbocycles. The Morgan fingerprint density at radius 1 is 1.21 bits per heavy atom. The van der Waals surface area contributed by atoms with Gasteiger partial charge in [0.25, 0.3) is 5.91 Å². The van der Waals surface area contributed by atoms with E-state index in [-0.39, 0.29) is 11.8 Å². The van der Waals surface area contributed by atoms with Crippen molar-refractivity contribution < 1.29 is 19.5 Å². The highest BCUT2D eigenvalue weighted by Gasteiger charge is 2.42. The van der Waals surface area contributed by atoms with Gasteiger partial charge in [-0.3, -0.25) is 14.4 Å². The summed E-state index contributed by atoms with van der Waals surface area (Å²) in [7, 11) is 0. The van der Waals surface area contributed by atoms with Crippen LogP contribution >= 0.6 is 0 Å². The average molecular weight is 332 g/mol. The summed E-state index contributed by atoms with van der Waals surface area (Å²) in [5, 5.41) is 15.0. The van der Waals surface area contributed by atoms with E-state index in [1.54, 1.807) is 24.3 Å². The van der Waals surface area contributed by atoms with Gasteiger partial charge in [0.1, 0.15) is 0 Å². The van der Waals surface area contributed by atoms with Gasteiger partial charge >= 0.3 is 5.97 Å². The minimum Gasteiger partial charge on any atom is -0.481 e. The molecule has 0 spiro atoms. The van der Waals surface area contributed by atoms with Crippen molar-refractivity contribution in [2.75, 3.05) is 0 Å². The van der Waals surface area contributed by atoms with Crippen LogP contribution in [0.4, 0.5) is 0 Å². The molecule has 1 aliphatic rings. The number of nitrogens with one attached hydrogen (secondary N) is 2. The number of carboxylic acid groups (broad SMARTS) is 1. The third-order valence-corrected chi connectivity index (χ3v) is 4.66. The molecule has 0 aliphatic heterocycles. The van der Waals surface area contributed by atoms with Gasteiger partial charge in [0, 0.05) is 19.0 Å². The van der Waals surface area contributed by atoms with Gasteiger partial charge in [-0.05, 0) is 37.5 Å². The predicted octanol–water partition coefficient (Wildman–Crippen LogP) is 2.09. The highest BCUT2D eigenvalue weighted by atomic mass is 16.4. The Hall–Kier alpha value is -2.37. The van der Waals surface area contributed by atoms with E-state index < -0.39 is 17.4 Å². The molecule has 1 aromatic rings. The van der Waals surface area contributed by atoms with Crippen molar-refractivity contribution in [2.45, 2.75) is 51.6 Å². The van der Waals surface area contributed by atoms with Crippen molar-refractivity contribution in [3.05, 3.63) is 35.4 Å². The molecule has 130 valence electrons. The summed E-state index contributed by atoms with van der Waals surface area (Å²) < 4.78 is 0. The Bertz CT molecular complexity index is 626. The molecule has 2 atom stereocenters. The van der Waals surface area contributed by atoms with Gasteiger partial charge in [-0.1, -0.05) is 25.0 Å². The topological polar surface area (TPSA) is 95.5 Å². The summed E-state index contributed by atoms with van der Waals surface area (Å²) in [5.41, 5.74) is 0.655. The fourth-order valence-electron chi connectivity index (χ4n) is 3.21. The van der Waals surface area contributed by atoms with Gasteiger partial charge in [-0.25, -0.2) is 0 Å². The summed E-state index contributed by atoms with van der Waals surface area (Å²) in [4.78, 5) is 34.9. The zero-order valence-corrected chi connectivity index (χ0v) is 14.1. The van der Waals surface area contributed by atoms with Crippen LogP contribution < -0.4 is 10.6 Å². The lowest BCUT2D eigenvalue weighted by atomic mass is 9.73. The van der Waals surface area contributed by atoms with Crippen molar-refractivity contribution in [3.8, 4) is 0 Å². The first-order valence-corrected chi connectivity index (χ1v) is 8.20. The number of hydrogen-bond acceptors (Lipinski definition) is 3. The second-order valence-electron chi connectivity index (χ2n) is 6.61. The fourth-order valence-corrected chi connectivity index (χ4v) is 3.21. The van der Waals surface area contributed by atoms with Gasteiger partial charge in [0.05, 0.1) is 11.5 Å². The maximum atomic E-state index is 12.5. The molecule has 1 aliphatic carbocycles. The molecule has 2 amide bonds. The third kappa shape index (κ3) is 4.34. The van der Waals surface area contributed by atoms with Crippen LogP contribution in [0.3, 0.4) is 0 Å². The van der Waals surface area contributed by atoms with Gasteiger partial charge in [0.15, 0.2) is 0 Å². The molecule has 0 saturated heterocycles. The maximum Gasteiger partial charge on any atom is 0.308 e. The Morgan fingerprint density at radius 3 is 2.46 bits per heavy atom. The molecule has 0 radical (unpaired) electrons. The molecule has 3 N–H and O–H groups in total. The van der Waals surface area contributed by atoms with E-state index in [1.807, 2.05) is 6.92 Å². The Kier molecular flexibility index (Phi) is 5.59. The third-order valence-electron chi connectivity index (χ3n) is 4.66. The van der Waals surface area contributed by atoms with Gasteiger partial charge in [0.2, 0.25) is 5.91 Å². The van der Waals surface area contributed by atoms with Gasteiger partial charge in [-0.2, -0.15) is 0 Å². The summed E-state index contributed by atoms with van der Waals surface area (Å²) in [6.45, 7) is 3.68. The number of hydrogen-bond donors (Lipinski definition) is 3. The quantitative estimate of drug-likeness (QED) is 0.769. The summed E-state index contributed by atoms with van der Waals surface area (Å²) in [6, 6.07) is 6.94. The molecule has 2 rings (SSSR count). The molecule has 24 heavy (non-hydrogen) atoms. The van der Waals surface area contributed by atoms with E-state index in [2.05, 4.69) is 10.6 Å². The van der Waals surface area contributed by atoms with Gasteiger partial charge < -0.3 is 15.7 Å². The molecular weight excluding hydrogens is 308 g/mol.